The van der Waals surface area contributed by atoms with Crippen LogP contribution in [0.5, 0.6) is 5.75 Å². The van der Waals surface area contributed by atoms with E-state index in [4.69, 9.17) is 4.74 Å². The average molecular weight is 409 g/mol. The molecule has 22 heavy (non-hydrogen) atoms. The number of benzene rings is 2. The Labute approximate surface area is 140 Å². The van der Waals surface area contributed by atoms with E-state index < -0.39 is 4.92 Å². The van der Waals surface area contributed by atoms with E-state index in [1.165, 1.54) is 25.3 Å². The molecule has 0 fully saturated rings. The molecule has 2 aromatic carbocycles. The Hall–Kier alpha value is -2.22. The number of allylic oxidation sites excluding steroid dienone is 1. The summed E-state index contributed by atoms with van der Waals surface area (Å²) in [4.78, 5) is 22.5. The third-order valence-electron chi connectivity index (χ3n) is 2.96. The number of ether oxygens (including phenoxy) is 1. The molecule has 0 aliphatic carbocycles. The van der Waals surface area contributed by atoms with E-state index in [9.17, 15) is 14.9 Å². The third kappa shape index (κ3) is 3.91. The van der Waals surface area contributed by atoms with Crippen LogP contribution in [0.1, 0.15) is 15.9 Å². The molecule has 0 radical (unpaired) electrons. The summed E-state index contributed by atoms with van der Waals surface area (Å²) in [5.41, 5.74) is 0.998. The van der Waals surface area contributed by atoms with Crippen LogP contribution in [-0.2, 0) is 0 Å². The van der Waals surface area contributed by atoms with Crippen molar-refractivity contribution >= 4 is 40.1 Å². The first-order chi connectivity index (χ1) is 10.5. The third-order valence-corrected chi connectivity index (χ3v) is 3.67. The standard InChI is InChI=1S/C16H12INO4/c1-22-16-9-3-11(10-14(16)18(20)21)2-8-15(19)12-4-6-13(17)7-5-12/h2-10H,1H3/b8-2+. The summed E-state index contributed by atoms with van der Waals surface area (Å²) in [7, 11) is 1.37. The van der Waals surface area contributed by atoms with Crippen molar-refractivity contribution in [3.63, 3.8) is 0 Å². The van der Waals surface area contributed by atoms with Crippen LogP contribution in [-0.4, -0.2) is 17.8 Å². The second-order valence-corrected chi connectivity index (χ2v) is 5.64. The number of methoxy groups -OCH3 is 1. The second kappa shape index (κ2) is 7.17. The normalized spacial score (nSPS) is 10.6. The molecular weight excluding hydrogens is 397 g/mol. The zero-order chi connectivity index (χ0) is 16.1. The zero-order valence-electron chi connectivity index (χ0n) is 11.7. The fraction of sp³-hybridized carbons (Fsp3) is 0.0625. The van der Waals surface area contributed by atoms with Gasteiger partial charge in [-0.15, -0.1) is 0 Å². The van der Waals surface area contributed by atoms with Gasteiger partial charge >= 0.3 is 5.69 Å². The number of nitro groups is 1. The van der Waals surface area contributed by atoms with Gasteiger partial charge in [-0.05, 0) is 52.4 Å². The van der Waals surface area contributed by atoms with Gasteiger partial charge in [-0.2, -0.15) is 0 Å². The number of carbonyl (C=O) groups excluding carboxylic acids is 1. The Morgan fingerprint density at radius 2 is 1.91 bits per heavy atom. The zero-order valence-corrected chi connectivity index (χ0v) is 13.8. The Morgan fingerprint density at radius 1 is 1.23 bits per heavy atom. The molecular formula is C16H12INO4. The van der Waals surface area contributed by atoms with Crippen molar-refractivity contribution in [1.82, 2.24) is 0 Å². The van der Waals surface area contributed by atoms with Crippen molar-refractivity contribution in [1.29, 1.82) is 0 Å². The lowest BCUT2D eigenvalue weighted by molar-refractivity contribution is -0.385. The monoisotopic (exact) mass is 409 g/mol. The van der Waals surface area contributed by atoms with Crippen LogP contribution in [0.4, 0.5) is 5.69 Å². The first kappa shape index (κ1) is 16.2. The fourth-order valence-corrected chi connectivity index (χ4v) is 2.20. The topological polar surface area (TPSA) is 69.4 Å². The lowest BCUT2D eigenvalue weighted by Gasteiger charge is -2.02. The molecule has 0 spiro atoms. The number of halogens is 1. The number of rotatable bonds is 5. The van der Waals surface area contributed by atoms with Crippen molar-refractivity contribution in [3.05, 3.63) is 73.4 Å². The number of hydrogen-bond donors (Lipinski definition) is 0. The molecule has 0 N–H and O–H groups in total. The molecule has 0 unspecified atom stereocenters. The summed E-state index contributed by atoms with van der Waals surface area (Å²) in [6.45, 7) is 0. The van der Waals surface area contributed by atoms with Gasteiger partial charge in [-0.25, -0.2) is 0 Å². The van der Waals surface area contributed by atoms with Crippen LogP contribution in [0.15, 0.2) is 48.5 Å². The lowest BCUT2D eigenvalue weighted by Crippen LogP contribution is -1.95. The van der Waals surface area contributed by atoms with Crippen molar-refractivity contribution in [2.45, 2.75) is 0 Å². The molecule has 0 heterocycles. The smallest absolute Gasteiger partial charge is 0.311 e. The maximum atomic E-state index is 12.0. The van der Waals surface area contributed by atoms with Gasteiger partial charge < -0.3 is 4.74 Å². The van der Waals surface area contributed by atoms with Crippen molar-refractivity contribution in [2.75, 3.05) is 7.11 Å². The minimum absolute atomic E-state index is 0.133. The molecule has 0 atom stereocenters. The highest BCUT2D eigenvalue weighted by Crippen LogP contribution is 2.28. The summed E-state index contributed by atoms with van der Waals surface area (Å²) in [6, 6.07) is 11.7. The van der Waals surface area contributed by atoms with E-state index in [2.05, 4.69) is 22.6 Å². The van der Waals surface area contributed by atoms with Crippen molar-refractivity contribution in [2.24, 2.45) is 0 Å². The molecule has 5 nitrogen and oxygen atoms in total. The molecule has 0 aliphatic heterocycles. The quantitative estimate of drug-likeness (QED) is 0.245. The second-order valence-electron chi connectivity index (χ2n) is 4.39. The van der Waals surface area contributed by atoms with Crippen LogP contribution >= 0.6 is 22.6 Å². The number of hydrogen-bond acceptors (Lipinski definition) is 4. The van der Waals surface area contributed by atoms with Gasteiger partial charge in [-0.3, -0.25) is 14.9 Å². The minimum Gasteiger partial charge on any atom is -0.490 e. The van der Waals surface area contributed by atoms with Crippen LogP contribution in [0.2, 0.25) is 0 Å². The average Bonchev–Trinajstić information content (AvgIpc) is 2.53. The molecule has 2 aromatic rings. The van der Waals surface area contributed by atoms with Gasteiger partial charge in [0.25, 0.3) is 0 Å². The molecule has 2 rings (SSSR count). The predicted octanol–water partition coefficient (Wildman–Crippen LogP) is 4.10. The highest BCUT2D eigenvalue weighted by atomic mass is 127. The Kier molecular flexibility index (Phi) is 5.26. The predicted molar refractivity (Wildman–Crippen MR) is 92.2 cm³/mol. The van der Waals surface area contributed by atoms with Crippen LogP contribution in [0.3, 0.4) is 0 Å². The van der Waals surface area contributed by atoms with Gasteiger partial charge in [0.1, 0.15) is 0 Å². The number of ketones is 1. The Balaban J connectivity index is 2.22. The van der Waals surface area contributed by atoms with E-state index in [1.807, 2.05) is 12.1 Å². The number of nitro benzene ring substituents is 1. The molecule has 0 bridgehead atoms. The van der Waals surface area contributed by atoms with Crippen LogP contribution < -0.4 is 4.74 Å². The lowest BCUT2D eigenvalue weighted by atomic mass is 10.1. The van der Waals surface area contributed by atoms with Gasteiger partial charge in [-0.1, -0.05) is 24.3 Å². The highest BCUT2D eigenvalue weighted by Gasteiger charge is 2.14. The van der Waals surface area contributed by atoms with Gasteiger partial charge in [0.2, 0.25) is 0 Å². The van der Waals surface area contributed by atoms with Crippen LogP contribution in [0, 0.1) is 13.7 Å². The first-order valence-corrected chi connectivity index (χ1v) is 7.39. The number of carbonyl (C=O) groups is 1. The molecule has 0 aromatic heterocycles. The maximum absolute atomic E-state index is 12.0. The summed E-state index contributed by atoms with van der Waals surface area (Å²) in [6.07, 6.45) is 2.94. The van der Waals surface area contributed by atoms with Gasteiger partial charge in [0, 0.05) is 15.2 Å². The van der Waals surface area contributed by atoms with E-state index in [0.29, 0.717) is 11.1 Å². The van der Waals surface area contributed by atoms with E-state index in [1.54, 1.807) is 24.3 Å². The summed E-state index contributed by atoms with van der Waals surface area (Å²) in [5.74, 6) is 0.0287. The summed E-state index contributed by atoms with van der Waals surface area (Å²) < 4.78 is 5.98. The number of nitrogens with zero attached hydrogens (tertiary/aromatic N) is 1. The first-order valence-electron chi connectivity index (χ1n) is 6.31. The highest BCUT2D eigenvalue weighted by molar-refractivity contribution is 14.1. The van der Waals surface area contributed by atoms with Gasteiger partial charge in [0.05, 0.1) is 12.0 Å². The van der Waals surface area contributed by atoms with Crippen molar-refractivity contribution in [3.8, 4) is 5.75 Å². The van der Waals surface area contributed by atoms with E-state index >= 15 is 0 Å². The molecule has 0 saturated heterocycles. The Bertz CT molecular complexity index is 738. The molecule has 6 heteroatoms. The SMILES string of the molecule is COc1ccc(/C=C/C(=O)c2ccc(I)cc2)cc1[N+](=O)[O-]. The van der Waals surface area contributed by atoms with Gasteiger partial charge in [0.15, 0.2) is 11.5 Å². The largest absolute Gasteiger partial charge is 0.490 e. The minimum atomic E-state index is -0.517. The Morgan fingerprint density at radius 3 is 2.50 bits per heavy atom. The fourth-order valence-electron chi connectivity index (χ4n) is 1.84. The van der Waals surface area contributed by atoms with E-state index in [-0.39, 0.29) is 17.2 Å². The molecule has 0 aliphatic rings. The van der Waals surface area contributed by atoms with Crippen LogP contribution in [0.25, 0.3) is 6.08 Å². The molecule has 112 valence electrons. The molecule has 0 saturated carbocycles. The summed E-state index contributed by atoms with van der Waals surface area (Å²) in [5, 5.41) is 11.0. The maximum Gasteiger partial charge on any atom is 0.311 e. The summed E-state index contributed by atoms with van der Waals surface area (Å²) >= 11 is 2.16. The molecule has 0 amide bonds. The van der Waals surface area contributed by atoms with Crippen molar-refractivity contribution < 1.29 is 14.5 Å². The van der Waals surface area contributed by atoms with E-state index in [0.717, 1.165) is 3.57 Å².